The summed E-state index contributed by atoms with van der Waals surface area (Å²) in [6, 6.07) is 5.39. The van der Waals surface area contributed by atoms with E-state index in [1.165, 1.54) is 24.2 Å². The van der Waals surface area contributed by atoms with E-state index in [0.717, 1.165) is 37.8 Å². The van der Waals surface area contributed by atoms with E-state index in [9.17, 15) is 0 Å². The topological polar surface area (TPSA) is 55.4 Å². The quantitative estimate of drug-likeness (QED) is 0.487. The molecule has 6 nitrogen and oxygen atoms in total. The zero-order valence-electron chi connectivity index (χ0n) is 17.7. The molecule has 2 aliphatic heterocycles. The molecule has 0 N–H and O–H groups in total. The van der Waals surface area contributed by atoms with Crippen molar-refractivity contribution in [1.29, 1.82) is 0 Å². The first kappa shape index (κ1) is 24.7. The molecule has 0 saturated carbocycles. The minimum Gasteiger partial charge on any atom is -0.398 e. The second-order valence-corrected chi connectivity index (χ2v) is 20.2. The maximum absolute atomic E-state index is 5.85. The highest BCUT2D eigenvalue weighted by Gasteiger charge is 2.65. The Balaban J connectivity index is 0.000000289. The van der Waals surface area contributed by atoms with Crippen LogP contribution in [-0.4, -0.2) is 75.8 Å². The van der Waals surface area contributed by atoms with Gasteiger partial charge in [0.25, 0.3) is 0 Å². The summed E-state index contributed by atoms with van der Waals surface area (Å²) in [7, 11) is -1.57. The second kappa shape index (κ2) is 12.2. The van der Waals surface area contributed by atoms with Gasteiger partial charge in [0.15, 0.2) is 0 Å². The van der Waals surface area contributed by atoms with E-state index in [1.807, 2.05) is 41.9 Å². The largest absolute Gasteiger partial charge is 0.398 e. The molecule has 0 aliphatic carbocycles. The SMILES string of the molecule is CCO[Si]1(OCC)C[Si](OCC)(OCC)C1.CO[Si]1(OC)CC[SiH2]CC1. The van der Waals surface area contributed by atoms with Gasteiger partial charge in [-0.15, -0.1) is 0 Å². The third-order valence-electron chi connectivity index (χ3n) is 5.07. The van der Waals surface area contributed by atoms with Crippen LogP contribution in [0.1, 0.15) is 27.7 Å². The Kier molecular flexibility index (Phi) is 11.6. The van der Waals surface area contributed by atoms with Crippen LogP contribution in [0.3, 0.4) is 0 Å². The van der Waals surface area contributed by atoms with Crippen LogP contribution in [0.25, 0.3) is 0 Å². The molecular formula is C16H40O6Si4. The lowest BCUT2D eigenvalue weighted by molar-refractivity contribution is 0.138. The Morgan fingerprint density at radius 3 is 1.19 bits per heavy atom. The molecule has 10 heteroatoms. The minimum atomic E-state index is -1.94. The lowest BCUT2D eigenvalue weighted by Gasteiger charge is -2.48. The second-order valence-electron chi connectivity index (χ2n) is 6.79. The monoisotopic (exact) mass is 440 g/mol. The van der Waals surface area contributed by atoms with Crippen molar-refractivity contribution in [3.8, 4) is 0 Å². The van der Waals surface area contributed by atoms with Crippen molar-refractivity contribution in [3.63, 3.8) is 0 Å². The summed E-state index contributed by atoms with van der Waals surface area (Å²) < 4.78 is 34.3. The summed E-state index contributed by atoms with van der Waals surface area (Å²) in [6.07, 6.45) is 0. The van der Waals surface area contributed by atoms with E-state index in [1.54, 1.807) is 0 Å². The molecule has 2 heterocycles. The van der Waals surface area contributed by atoms with Gasteiger partial charge in [0.05, 0.1) is 0 Å². The highest BCUT2D eigenvalue weighted by Crippen LogP contribution is 2.43. The molecule has 0 atom stereocenters. The molecule has 2 fully saturated rings. The predicted molar refractivity (Wildman–Crippen MR) is 115 cm³/mol. The first-order chi connectivity index (χ1) is 12.5. The van der Waals surface area contributed by atoms with Gasteiger partial charge in [-0.25, -0.2) is 0 Å². The molecular weight excluding hydrogens is 401 g/mol. The number of hydrogen-bond donors (Lipinski definition) is 0. The summed E-state index contributed by atoms with van der Waals surface area (Å²) in [6.45, 7) is 11.0. The lowest BCUT2D eigenvalue weighted by Crippen LogP contribution is -2.69. The molecule has 156 valence electrons. The summed E-state index contributed by atoms with van der Waals surface area (Å²) in [5.41, 5.74) is 1.87. The Morgan fingerprint density at radius 2 is 0.962 bits per heavy atom. The van der Waals surface area contributed by atoms with Gasteiger partial charge in [0.1, 0.15) is 0 Å². The fraction of sp³-hybridized carbons (Fsp3) is 1.00. The molecule has 26 heavy (non-hydrogen) atoms. The van der Waals surface area contributed by atoms with Crippen LogP contribution >= 0.6 is 0 Å². The highest BCUT2D eigenvalue weighted by atomic mass is 28.5. The smallest absolute Gasteiger partial charge is 0.341 e. The van der Waals surface area contributed by atoms with E-state index in [-0.39, 0.29) is 0 Å². The maximum Gasteiger partial charge on any atom is 0.341 e. The molecule has 2 aliphatic rings. The number of rotatable bonds is 10. The zero-order valence-corrected chi connectivity index (χ0v) is 22.1. The van der Waals surface area contributed by atoms with Crippen molar-refractivity contribution in [1.82, 2.24) is 0 Å². The fourth-order valence-electron chi connectivity index (χ4n) is 3.89. The van der Waals surface area contributed by atoms with Gasteiger partial charge in [0.2, 0.25) is 0 Å². The molecule has 0 aromatic rings. The van der Waals surface area contributed by atoms with Crippen LogP contribution in [0.4, 0.5) is 0 Å². The zero-order chi connectivity index (χ0) is 19.5. The van der Waals surface area contributed by atoms with Gasteiger partial charge in [-0.05, 0) is 39.8 Å². The van der Waals surface area contributed by atoms with Crippen molar-refractivity contribution in [2.75, 3.05) is 40.6 Å². The molecule has 0 bridgehead atoms. The molecule has 2 saturated heterocycles. The van der Waals surface area contributed by atoms with Crippen molar-refractivity contribution in [3.05, 3.63) is 0 Å². The summed E-state index contributed by atoms with van der Waals surface area (Å²) in [4.78, 5) is 0. The van der Waals surface area contributed by atoms with Gasteiger partial charge >= 0.3 is 25.7 Å². The van der Waals surface area contributed by atoms with Crippen LogP contribution in [0.2, 0.25) is 35.5 Å². The summed E-state index contributed by atoms with van der Waals surface area (Å²) in [5, 5.41) is 0. The van der Waals surface area contributed by atoms with Crippen LogP contribution in [-0.2, 0) is 26.6 Å². The van der Waals surface area contributed by atoms with Gasteiger partial charge < -0.3 is 26.6 Å². The Morgan fingerprint density at radius 1 is 0.615 bits per heavy atom. The first-order valence-electron chi connectivity index (χ1n) is 10.1. The summed E-state index contributed by atoms with van der Waals surface area (Å²) in [5.74, 6) is 0. The van der Waals surface area contributed by atoms with E-state index in [2.05, 4.69) is 0 Å². The van der Waals surface area contributed by atoms with E-state index >= 15 is 0 Å². The average molecular weight is 441 g/mol. The molecule has 0 unspecified atom stereocenters. The van der Waals surface area contributed by atoms with Crippen LogP contribution in [0, 0.1) is 0 Å². The number of hydrogen-bond acceptors (Lipinski definition) is 6. The van der Waals surface area contributed by atoms with Crippen molar-refractivity contribution in [2.24, 2.45) is 0 Å². The van der Waals surface area contributed by atoms with Crippen molar-refractivity contribution < 1.29 is 26.6 Å². The Hall–Kier alpha value is 0.628. The Labute approximate surface area is 165 Å². The Bertz CT molecular complexity index is 334. The van der Waals surface area contributed by atoms with Crippen molar-refractivity contribution >= 4 is 35.2 Å². The summed E-state index contributed by atoms with van der Waals surface area (Å²) >= 11 is 0. The van der Waals surface area contributed by atoms with Gasteiger partial charge in [0, 0.05) is 61.5 Å². The predicted octanol–water partition coefficient (Wildman–Crippen LogP) is 2.85. The van der Waals surface area contributed by atoms with Crippen LogP contribution in [0.15, 0.2) is 0 Å². The van der Waals surface area contributed by atoms with Crippen LogP contribution < -0.4 is 0 Å². The van der Waals surface area contributed by atoms with E-state index in [0.29, 0.717) is 9.52 Å². The standard InChI is InChI=1S/C10H24O4Si2.C6H16O2Si2/c1-5-11-15(12-6-2)9-16(10-15,13-7-3)14-8-4;1-7-10(8-2)5-3-9-4-6-10/h5-10H2,1-4H3;3-6,9H2,1-2H3. The van der Waals surface area contributed by atoms with Crippen molar-refractivity contribution in [2.45, 2.75) is 63.2 Å². The average Bonchev–Trinajstić information content (AvgIpc) is 2.62. The lowest BCUT2D eigenvalue weighted by atomic mass is 10.9. The molecule has 0 aromatic carbocycles. The van der Waals surface area contributed by atoms with Gasteiger partial charge in [-0.2, -0.15) is 0 Å². The molecule has 0 aromatic heterocycles. The molecule has 0 radical (unpaired) electrons. The van der Waals surface area contributed by atoms with Crippen LogP contribution in [0.5, 0.6) is 0 Å². The maximum atomic E-state index is 5.85. The third kappa shape index (κ3) is 6.90. The van der Waals surface area contributed by atoms with Gasteiger partial charge in [-0.3, -0.25) is 0 Å². The highest BCUT2D eigenvalue weighted by molar-refractivity contribution is 7.03. The first-order valence-corrected chi connectivity index (χ1v) is 18.8. The molecule has 2 rings (SSSR count). The molecule has 0 amide bonds. The normalized spacial score (nSPS) is 22.8. The fourth-order valence-corrected chi connectivity index (χ4v) is 23.5. The minimum absolute atomic E-state index is 0.296. The van der Waals surface area contributed by atoms with E-state index in [4.69, 9.17) is 26.6 Å². The third-order valence-corrected chi connectivity index (χ3v) is 23.8. The van der Waals surface area contributed by atoms with Gasteiger partial charge in [-0.1, -0.05) is 12.1 Å². The molecule has 0 spiro atoms. The van der Waals surface area contributed by atoms with E-state index < -0.39 is 25.7 Å².